The van der Waals surface area contributed by atoms with Gasteiger partial charge in [0.05, 0.1) is 0 Å². The molecule has 2 nitrogen and oxygen atoms in total. The maximum Gasteiger partial charge on any atom is 0.00869 e. The van der Waals surface area contributed by atoms with E-state index in [0.717, 1.165) is 23.3 Å². The number of nitrogens with one attached hydrogen (secondary N) is 1. The highest BCUT2D eigenvalue weighted by molar-refractivity contribution is 5.05. The molecule has 0 bridgehead atoms. The van der Waals surface area contributed by atoms with Gasteiger partial charge in [0.2, 0.25) is 0 Å². The van der Waals surface area contributed by atoms with Gasteiger partial charge in [0.1, 0.15) is 0 Å². The van der Waals surface area contributed by atoms with Crippen LogP contribution in [0.2, 0.25) is 0 Å². The Balaban J connectivity index is 1.79. The lowest BCUT2D eigenvalue weighted by molar-refractivity contribution is 0.183. The highest BCUT2D eigenvalue weighted by Crippen LogP contribution is 2.58. The van der Waals surface area contributed by atoms with Crippen LogP contribution in [-0.4, -0.2) is 37.6 Å². The van der Waals surface area contributed by atoms with Gasteiger partial charge in [-0.1, -0.05) is 13.8 Å². The zero-order valence-corrected chi connectivity index (χ0v) is 11.4. The van der Waals surface area contributed by atoms with E-state index in [1.54, 1.807) is 0 Å². The summed E-state index contributed by atoms with van der Waals surface area (Å²) in [5, 5.41) is 3.48. The highest BCUT2D eigenvalue weighted by Gasteiger charge is 2.53. The standard InChI is InChI=1S/C14H28N2/c1-11(2)12(3)16(4)10-13-9-14(13)5-7-15-8-6-14/h11-13,15H,5-10H2,1-4H3. The Morgan fingerprint density at radius 1 is 1.25 bits per heavy atom. The summed E-state index contributed by atoms with van der Waals surface area (Å²) in [6.45, 7) is 10.8. The SMILES string of the molecule is CC(C)C(C)N(C)CC1CC12CCNCC2. The second kappa shape index (κ2) is 4.66. The summed E-state index contributed by atoms with van der Waals surface area (Å²) < 4.78 is 0. The Labute approximate surface area is 101 Å². The molecule has 1 spiro atoms. The number of rotatable bonds is 4. The second-order valence-electron chi connectivity index (χ2n) is 6.44. The summed E-state index contributed by atoms with van der Waals surface area (Å²) in [7, 11) is 2.30. The molecule has 1 heterocycles. The van der Waals surface area contributed by atoms with E-state index < -0.39 is 0 Å². The van der Waals surface area contributed by atoms with E-state index in [0.29, 0.717) is 0 Å². The van der Waals surface area contributed by atoms with Gasteiger partial charge in [-0.15, -0.1) is 0 Å². The van der Waals surface area contributed by atoms with Gasteiger partial charge < -0.3 is 10.2 Å². The molecular weight excluding hydrogens is 196 g/mol. The van der Waals surface area contributed by atoms with E-state index in [9.17, 15) is 0 Å². The quantitative estimate of drug-likeness (QED) is 0.788. The first-order valence-corrected chi connectivity index (χ1v) is 6.96. The summed E-state index contributed by atoms with van der Waals surface area (Å²) >= 11 is 0. The maximum atomic E-state index is 3.48. The zero-order chi connectivity index (χ0) is 11.8. The van der Waals surface area contributed by atoms with Gasteiger partial charge in [0, 0.05) is 12.6 Å². The van der Waals surface area contributed by atoms with Crippen LogP contribution in [0.4, 0.5) is 0 Å². The summed E-state index contributed by atoms with van der Waals surface area (Å²) in [4.78, 5) is 2.58. The van der Waals surface area contributed by atoms with Crippen molar-refractivity contribution in [3.63, 3.8) is 0 Å². The van der Waals surface area contributed by atoms with Gasteiger partial charge >= 0.3 is 0 Å². The molecule has 0 radical (unpaired) electrons. The van der Waals surface area contributed by atoms with Crippen LogP contribution in [-0.2, 0) is 0 Å². The van der Waals surface area contributed by atoms with Gasteiger partial charge in [0.25, 0.3) is 0 Å². The predicted molar refractivity (Wildman–Crippen MR) is 69.6 cm³/mol. The summed E-state index contributed by atoms with van der Waals surface area (Å²) in [6.07, 6.45) is 4.33. The van der Waals surface area contributed by atoms with Crippen LogP contribution in [0.15, 0.2) is 0 Å². The van der Waals surface area contributed by atoms with Crippen molar-refractivity contribution in [1.29, 1.82) is 0 Å². The molecule has 1 N–H and O–H groups in total. The van der Waals surface area contributed by atoms with Crippen molar-refractivity contribution in [1.82, 2.24) is 10.2 Å². The monoisotopic (exact) mass is 224 g/mol. The molecule has 1 aliphatic heterocycles. The van der Waals surface area contributed by atoms with E-state index in [4.69, 9.17) is 0 Å². The molecule has 2 unspecified atom stereocenters. The topological polar surface area (TPSA) is 15.3 Å². The Morgan fingerprint density at radius 2 is 1.88 bits per heavy atom. The first-order chi connectivity index (χ1) is 7.55. The van der Waals surface area contributed by atoms with Crippen LogP contribution >= 0.6 is 0 Å². The van der Waals surface area contributed by atoms with Crippen LogP contribution < -0.4 is 5.32 Å². The summed E-state index contributed by atoms with van der Waals surface area (Å²) in [6, 6.07) is 0.722. The first kappa shape index (κ1) is 12.4. The van der Waals surface area contributed by atoms with Crippen molar-refractivity contribution in [2.45, 2.75) is 46.1 Å². The van der Waals surface area contributed by atoms with Crippen LogP contribution in [0.1, 0.15) is 40.0 Å². The van der Waals surface area contributed by atoms with Gasteiger partial charge in [-0.25, -0.2) is 0 Å². The fraction of sp³-hybridized carbons (Fsp3) is 1.00. The van der Waals surface area contributed by atoms with Crippen molar-refractivity contribution >= 4 is 0 Å². The molecule has 0 aromatic carbocycles. The number of piperidine rings is 1. The lowest BCUT2D eigenvalue weighted by Gasteiger charge is -2.30. The third-order valence-corrected chi connectivity index (χ3v) is 5.13. The van der Waals surface area contributed by atoms with Gasteiger partial charge in [0.15, 0.2) is 0 Å². The van der Waals surface area contributed by atoms with Crippen molar-refractivity contribution in [2.24, 2.45) is 17.3 Å². The lowest BCUT2D eigenvalue weighted by Crippen LogP contribution is -2.37. The highest BCUT2D eigenvalue weighted by atomic mass is 15.1. The van der Waals surface area contributed by atoms with E-state index in [2.05, 4.69) is 38.0 Å². The first-order valence-electron chi connectivity index (χ1n) is 6.96. The lowest BCUT2D eigenvalue weighted by atomic mass is 9.91. The zero-order valence-electron chi connectivity index (χ0n) is 11.4. The van der Waals surface area contributed by atoms with E-state index in [-0.39, 0.29) is 0 Å². The molecule has 0 amide bonds. The van der Waals surface area contributed by atoms with Gasteiger partial charge in [-0.2, -0.15) is 0 Å². The van der Waals surface area contributed by atoms with Gasteiger partial charge in [-0.3, -0.25) is 0 Å². The third-order valence-electron chi connectivity index (χ3n) is 5.13. The molecular formula is C14H28N2. The van der Waals surface area contributed by atoms with E-state index >= 15 is 0 Å². The minimum Gasteiger partial charge on any atom is -0.317 e. The van der Waals surface area contributed by atoms with E-state index in [1.807, 2.05) is 0 Å². The van der Waals surface area contributed by atoms with Crippen molar-refractivity contribution in [3.8, 4) is 0 Å². The Bertz CT molecular complexity index is 231. The number of hydrogen-bond donors (Lipinski definition) is 1. The molecule has 1 saturated heterocycles. The van der Waals surface area contributed by atoms with Crippen molar-refractivity contribution in [3.05, 3.63) is 0 Å². The summed E-state index contributed by atoms with van der Waals surface area (Å²) in [5.74, 6) is 1.76. The fourth-order valence-electron chi connectivity index (χ4n) is 3.25. The minimum atomic E-state index is 0.722. The average Bonchev–Trinajstić information content (AvgIpc) is 2.90. The molecule has 16 heavy (non-hydrogen) atoms. The Hall–Kier alpha value is -0.0800. The molecule has 2 atom stereocenters. The Kier molecular flexibility index (Phi) is 3.60. The smallest absolute Gasteiger partial charge is 0.00869 e. The third kappa shape index (κ3) is 2.43. The van der Waals surface area contributed by atoms with E-state index in [1.165, 1.54) is 38.9 Å². The second-order valence-corrected chi connectivity index (χ2v) is 6.44. The number of nitrogens with zero attached hydrogens (tertiary/aromatic N) is 1. The molecule has 2 heteroatoms. The molecule has 0 aromatic rings. The molecule has 1 aliphatic carbocycles. The molecule has 2 rings (SSSR count). The Morgan fingerprint density at radius 3 is 2.44 bits per heavy atom. The van der Waals surface area contributed by atoms with Crippen molar-refractivity contribution < 1.29 is 0 Å². The van der Waals surface area contributed by atoms with Gasteiger partial charge in [-0.05, 0) is 63.6 Å². The number of hydrogen-bond acceptors (Lipinski definition) is 2. The maximum absolute atomic E-state index is 3.48. The van der Waals surface area contributed by atoms with Crippen LogP contribution in [0.25, 0.3) is 0 Å². The van der Waals surface area contributed by atoms with Crippen LogP contribution in [0.5, 0.6) is 0 Å². The molecule has 2 fully saturated rings. The fourth-order valence-corrected chi connectivity index (χ4v) is 3.25. The molecule has 94 valence electrons. The molecule has 1 saturated carbocycles. The largest absolute Gasteiger partial charge is 0.317 e. The normalized spacial score (nSPS) is 30.0. The molecule has 0 aromatic heterocycles. The minimum absolute atomic E-state index is 0.722. The average molecular weight is 224 g/mol. The van der Waals surface area contributed by atoms with Crippen LogP contribution in [0, 0.1) is 17.3 Å². The predicted octanol–water partition coefficient (Wildman–Crippen LogP) is 2.35. The summed E-state index contributed by atoms with van der Waals surface area (Å²) in [5.41, 5.74) is 0.746. The van der Waals surface area contributed by atoms with Crippen molar-refractivity contribution in [2.75, 3.05) is 26.7 Å². The van der Waals surface area contributed by atoms with Crippen LogP contribution in [0.3, 0.4) is 0 Å². The molecule has 2 aliphatic rings.